The molecule has 0 aromatic heterocycles. The van der Waals surface area contributed by atoms with Crippen LogP contribution in [-0.2, 0) is 11.2 Å². The van der Waals surface area contributed by atoms with Crippen LogP contribution in [0.4, 0.5) is 0 Å². The van der Waals surface area contributed by atoms with Crippen LogP contribution in [0.5, 0.6) is 17.2 Å². The fourth-order valence-corrected chi connectivity index (χ4v) is 2.39. The number of nitrogens with zero attached hydrogens (tertiary/aromatic N) is 1. The molecule has 6 heteroatoms. The van der Waals surface area contributed by atoms with Crippen molar-refractivity contribution >= 4 is 12.1 Å². The third kappa shape index (κ3) is 6.66. The zero-order chi connectivity index (χ0) is 19.6. The van der Waals surface area contributed by atoms with Crippen molar-refractivity contribution in [3.05, 3.63) is 53.6 Å². The summed E-state index contributed by atoms with van der Waals surface area (Å²) >= 11 is 0. The minimum atomic E-state index is -0.192. The van der Waals surface area contributed by atoms with Gasteiger partial charge >= 0.3 is 0 Å². The van der Waals surface area contributed by atoms with Crippen molar-refractivity contribution in [1.29, 1.82) is 0 Å². The molecule has 1 N–H and O–H groups in total. The Labute approximate surface area is 160 Å². The van der Waals surface area contributed by atoms with E-state index >= 15 is 0 Å². The number of carbonyl (C=O) groups excluding carboxylic acids is 1. The lowest BCUT2D eigenvalue weighted by Crippen LogP contribution is -2.19. The molecule has 0 aliphatic heterocycles. The molecule has 6 nitrogen and oxygen atoms in total. The van der Waals surface area contributed by atoms with Gasteiger partial charge in [-0.15, -0.1) is 0 Å². The summed E-state index contributed by atoms with van der Waals surface area (Å²) < 4.78 is 16.4. The summed E-state index contributed by atoms with van der Waals surface area (Å²) in [7, 11) is 1.59. The van der Waals surface area contributed by atoms with Gasteiger partial charge < -0.3 is 14.2 Å². The molecule has 0 radical (unpaired) electrons. The molecule has 144 valence electrons. The average molecular weight is 370 g/mol. The van der Waals surface area contributed by atoms with Gasteiger partial charge in [0.1, 0.15) is 5.75 Å². The highest BCUT2D eigenvalue weighted by Gasteiger charge is 2.07. The van der Waals surface area contributed by atoms with Crippen molar-refractivity contribution < 1.29 is 19.0 Å². The molecule has 0 spiro atoms. The summed E-state index contributed by atoms with van der Waals surface area (Å²) in [4.78, 5) is 12.0. The van der Waals surface area contributed by atoms with E-state index in [-0.39, 0.29) is 18.4 Å². The second-order valence-corrected chi connectivity index (χ2v) is 6.12. The topological polar surface area (TPSA) is 69.2 Å². The van der Waals surface area contributed by atoms with E-state index in [1.165, 1.54) is 0 Å². The monoisotopic (exact) mass is 370 g/mol. The molecule has 0 saturated carbocycles. The van der Waals surface area contributed by atoms with Crippen molar-refractivity contribution in [1.82, 2.24) is 5.43 Å². The highest BCUT2D eigenvalue weighted by Crippen LogP contribution is 2.28. The molecule has 0 aliphatic carbocycles. The van der Waals surface area contributed by atoms with Crippen molar-refractivity contribution in [2.45, 2.75) is 33.3 Å². The predicted octanol–water partition coefficient (Wildman–Crippen LogP) is 3.57. The summed E-state index contributed by atoms with van der Waals surface area (Å²) in [6, 6.07) is 12.9. The molecule has 1 amide bonds. The molecule has 0 atom stereocenters. The van der Waals surface area contributed by atoms with Crippen molar-refractivity contribution in [2.24, 2.45) is 5.10 Å². The lowest BCUT2D eigenvalue weighted by Gasteiger charge is -2.13. The van der Waals surface area contributed by atoms with Gasteiger partial charge in [0.05, 0.1) is 32.5 Å². The van der Waals surface area contributed by atoms with Gasteiger partial charge in [0.15, 0.2) is 11.5 Å². The van der Waals surface area contributed by atoms with Gasteiger partial charge in [0.2, 0.25) is 5.91 Å². The molecular weight excluding hydrogens is 344 g/mol. The summed E-state index contributed by atoms with van der Waals surface area (Å²) in [5, 5.41) is 4.01. The Morgan fingerprint density at radius 3 is 2.52 bits per heavy atom. The van der Waals surface area contributed by atoms with E-state index in [0.717, 1.165) is 16.9 Å². The maximum atomic E-state index is 12.0. The minimum absolute atomic E-state index is 0.0558. The highest BCUT2D eigenvalue weighted by molar-refractivity contribution is 5.84. The fraction of sp³-hybridized carbons (Fsp3) is 0.333. The van der Waals surface area contributed by atoms with Gasteiger partial charge in [0, 0.05) is 0 Å². The molecule has 2 rings (SSSR count). The zero-order valence-electron chi connectivity index (χ0n) is 16.2. The first-order valence-electron chi connectivity index (χ1n) is 8.90. The second-order valence-electron chi connectivity index (χ2n) is 6.12. The Balaban J connectivity index is 1.91. The Morgan fingerprint density at radius 2 is 1.89 bits per heavy atom. The number of nitrogens with one attached hydrogen (secondary N) is 1. The lowest BCUT2D eigenvalue weighted by atomic mass is 10.1. The summed E-state index contributed by atoms with van der Waals surface area (Å²) in [5.41, 5.74) is 4.22. The van der Waals surface area contributed by atoms with E-state index in [2.05, 4.69) is 10.5 Å². The lowest BCUT2D eigenvalue weighted by molar-refractivity contribution is -0.120. The van der Waals surface area contributed by atoms with Crippen molar-refractivity contribution in [2.75, 3.05) is 13.7 Å². The molecule has 2 aromatic rings. The van der Waals surface area contributed by atoms with Crippen LogP contribution in [0.2, 0.25) is 0 Å². The quantitative estimate of drug-likeness (QED) is 0.541. The van der Waals surface area contributed by atoms with Gasteiger partial charge in [-0.2, -0.15) is 5.10 Å². The van der Waals surface area contributed by atoms with E-state index in [9.17, 15) is 4.79 Å². The van der Waals surface area contributed by atoms with Crippen molar-refractivity contribution in [3.63, 3.8) is 0 Å². The number of carbonyl (C=O) groups is 1. The number of hydrogen-bond acceptors (Lipinski definition) is 5. The number of methoxy groups -OCH3 is 1. The van der Waals surface area contributed by atoms with Crippen LogP contribution in [0.3, 0.4) is 0 Å². The molecule has 0 bridgehead atoms. The Bertz CT molecular complexity index is 770. The van der Waals surface area contributed by atoms with Gasteiger partial charge in [0.25, 0.3) is 0 Å². The van der Waals surface area contributed by atoms with Gasteiger partial charge in [-0.05, 0) is 62.2 Å². The van der Waals surface area contributed by atoms with Crippen LogP contribution in [-0.4, -0.2) is 31.9 Å². The van der Waals surface area contributed by atoms with Crippen LogP contribution >= 0.6 is 0 Å². The van der Waals surface area contributed by atoms with Crippen LogP contribution in [0.25, 0.3) is 0 Å². The van der Waals surface area contributed by atoms with Crippen LogP contribution in [0, 0.1) is 0 Å². The van der Waals surface area contributed by atoms with E-state index in [0.29, 0.717) is 18.1 Å². The summed E-state index contributed by atoms with van der Waals surface area (Å²) in [5.74, 6) is 1.89. The predicted molar refractivity (Wildman–Crippen MR) is 106 cm³/mol. The first-order valence-corrected chi connectivity index (χ1v) is 8.90. The first-order chi connectivity index (χ1) is 13.0. The number of benzene rings is 2. The van der Waals surface area contributed by atoms with Crippen LogP contribution in [0.15, 0.2) is 47.6 Å². The molecule has 27 heavy (non-hydrogen) atoms. The summed E-state index contributed by atoms with van der Waals surface area (Å²) in [6.07, 6.45) is 1.87. The second kappa shape index (κ2) is 10.2. The summed E-state index contributed by atoms with van der Waals surface area (Å²) in [6.45, 7) is 6.45. The normalized spacial score (nSPS) is 10.9. The zero-order valence-corrected chi connectivity index (χ0v) is 16.2. The molecule has 2 aromatic carbocycles. The van der Waals surface area contributed by atoms with Gasteiger partial charge in [-0.25, -0.2) is 5.43 Å². The van der Waals surface area contributed by atoms with Crippen molar-refractivity contribution in [3.8, 4) is 17.2 Å². The first kappa shape index (κ1) is 20.3. The molecule has 0 heterocycles. The number of amides is 1. The third-order valence-electron chi connectivity index (χ3n) is 3.55. The minimum Gasteiger partial charge on any atom is -0.494 e. The van der Waals surface area contributed by atoms with Gasteiger partial charge in [-0.3, -0.25) is 4.79 Å². The number of ether oxygens (including phenoxy) is 3. The number of hydrazone groups is 1. The fourth-order valence-electron chi connectivity index (χ4n) is 2.39. The Hall–Kier alpha value is -3.02. The largest absolute Gasteiger partial charge is 0.494 e. The molecule has 0 saturated heterocycles. The van der Waals surface area contributed by atoms with E-state index < -0.39 is 0 Å². The number of rotatable bonds is 9. The Kier molecular flexibility index (Phi) is 7.67. The van der Waals surface area contributed by atoms with E-state index in [4.69, 9.17) is 14.2 Å². The van der Waals surface area contributed by atoms with E-state index in [1.54, 1.807) is 19.4 Å². The maximum Gasteiger partial charge on any atom is 0.244 e. The van der Waals surface area contributed by atoms with Gasteiger partial charge in [-0.1, -0.05) is 12.1 Å². The molecule has 0 aliphatic rings. The van der Waals surface area contributed by atoms with Crippen LogP contribution in [0.1, 0.15) is 31.9 Å². The Morgan fingerprint density at radius 1 is 1.15 bits per heavy atom. The molecule has 0 fully saturated rings. The maximum absolute atomic E-state index is 12.0. The van der Waals surface area contributed by atoms with E-state index in [1.807, 2.05) is 57.2 Å². The molecule has 0 unspecified atom stereocenters. The number of hydrogen-bond donors (Lipinski definition) is 1. The molecular formula is C21H26N2O4. The SMILES string of the molecule is CCOc1ccc(CC(=O)N/N=C\c2ccc(OC(C)C)c(OC)c2)cc1. The standard InChI is InChI=1S/C21H26N2O4/c1-5-26-18-9-6-16(7-10-18)13-21(24)23-22-14-17-8-11-19(27-15(2)3)20(12-17)25-4/h6-12,14-15H,5,13H2,1-4H3,(H,23,24)/b22-14-. The smallest absolute Gasteiger partial charge is 0.244 e. The average Bonchev–Trinajstić information content (AvgIpc) is 2.64. The van der Waals surface area contributed by atoms with Crippen LogP contribution < -0.4 is 19.6 Å². The highest BCUT2D eigenvalue weighted by atomic mass is 16.5. The third-order valence-corrected chi connectivity index (χ3v) is 3.55.